The van der Waals surface area contributed by atoms with Gasteiger partial charge in [0.2, 0.25) is 0 Å². The molecule has 0 aromatic rings. The minimum Gasteiger partial charge on any atom is -1.00 e. The summed E-state index contributed by atoms with van der Waals surface area (Å²) in [5.74, 6) is 0. The summed E-state index contributed by atoms with van der Waals surface area (Å²) >= 11 is 0. The zero-order chi connectivity index (χ0) is 4.50. The van der Waals surface area contributed by atoms with Gasteiger partial charge >= 0.3 is 47.1 Å². The van der Waals surface area contributed by atoms with Crippen LogP contribution in [-0.2, 0) is 9.33 Å². The fraction of sp³-hybridized carbons (Fsp3) is 0. The van der Waals surface area contributed by atoms with Crippen molar-refractivity contribution >= 4 is 75.1 Å². The maximum Gasteiger partial charge on any atom is 2.00 e. The summed E-state index contributed by atoms with van der Waals surface area (Å²) in [4.78, 5) is 0. The zero-order valence-corrected chi connectivity index (χ0v) is 6.54. The molecule has 0 aromatic carbocycles. The Kier molecular flexibility index (Phi) is 14.0. The van der Waals surface area contributed by atoms with Gasteiger partial charge in [0.1, 0.15) is 0 Å². The maximum atomic E-state index is 8.95. The van der Waals surface area contributed by atoms with Gasteiger partial charge in [0.15, 0.2) is 17.4 Å². The van der Waals surface area contributed by atoms with Crippen LogP contribution in [0, 0.1) is 0 Å². The first-order chi connectivity index (χ1) is 2.00. The average molecular weight is 189 g/mol. The molecular weight excluding hydrogens is 183 g/mol. The predicted octanol–water partition coefficient (Wildman–Crippen LogP) is -1.31. The summed E-state index contributed by atoms with van der Waals surface area (Å²) in [7, 11) is -0.137. The van der Waals surface area contributed by atoms with E-state index in [4.69, 9.17) is 13.0 Å². The van der Waals surface area contributed by atoms with Gasteiger partial charge in [-0.05, 0) is 0 Å². The molecule has 0 radical (unpaired) electrons. The van der Waals surface area contributed by atoms with Crippen molar-refractivity contribution in [2.75, 3.05) is 0 Å². The molecule has 0 rings (SSSR count). The molecule has 0 aliphatic carbocycles. The molecule has 0 aromatic heterocycles. The van der Waals surface area contributed by atoms with E-state index >= 15 is 0 Å². The Labute approximate surface area is 89.8 Å². The minimum absolute atomic E-state index is 0. The van der Waals surface area contributed by atoms with Crippen LogP contribution in [0.4, 0.5) is 0 Å². The molecule has 42 valence electrons. The standard InChI is InChI=1S/Al.Ca.ClHO3S.5H/c;;1-5(2,3)4;;;;;/h;;(H,2,3,4);;;;;/q;+2;;;;;2*-1. The Hall–Kier alpha value is 1.99. The summed E-state index contributed by atoms with van der Waals surface area (Å²) in [6.45, 7) is 0. The molecular formula is H6AlCaClO3S. The van der Waals surface area contributed by atoms with Gasteiger partial charge in [-0.2, -0.15) is 8.42 Å². The maximum absolute atomic E-state index is 8.95. The van der Waals surface area contributed by atoms with Crippen LogP contribution in [0.15, 0.2) is 0 Å². The number of halogens is 1. The minimum atomic E-state index is -4.19. The second-order valence-electron chi connectivity index (χ2n) is 0.412. The van der Waals surface area contributed by atoms with Crippen LogP contribution in [0.2, 0.25) is 0 Å². The van der Waals surface area contributed by atoms with Crippen molar-refractivity contribution in [3.63, 3.8) is 0 Å². The second kappa shape index (κ2) is 6.12. The Bertz CT molecular complexity index is 105. The summed E-state index contributed by atoms with van der Waals surface area (Å²) in [5, 5.41) is 0. The molecule has 1 N–H and O–H groups in total. The molecule has 3 nitrogen and oxygen atoms in total. The number of rotatable bonds is 0. The monoisotopic (exact) mass is 188 g/mol. The quantitative estimate of drug-likeness (QED) is 0.292. The molecule has 0 aliphatic heterocycles. The van der Waals surface area contributed by atoms with Gasteiger partial charge < -0.3 is 2.85 Å². The molecule has 0 fully saturated rings. The summed E-state index contributed by atoms with van der Waals surface area (Å²) in [6, 6.07) is 0. The van der Waals surface area contributed by atoms with E-state index in [9.17, 15) is 0 Å². The van der Waals surface area contributed by atoms with Crippen molar-refractivity contribution in [1.29, 1.82) is 0 Å². The molecule has 0 amide bonds. The first kappa shape index (κ1) is 16.0. The van der Waals surface area contributed by atoms with Crippen molar-refractivity contribution < 1.29 is 15.8 Å². The normalized spacial score (nSPS) is 8.29. The van der Waals surface area contributed by atoms with E-state index in [0.29, 0.717) is 0 Å². The van der Waals surface area contributed by atoms with Crippen molar-refractivity contribution in [3.05, 3.63) is 0 Å². The Morgan fingerprint density at radius 3 is 1.57 bits per heavy atom. The van der Waals surface area contributed by atoms with E-state index in [2.05, 4.69) is 10.7 Å². The topological polar surface area (TPSA) is 54.4 Å². The zero-order valence-electron chi connectivity index (χ0n) is 4.76. The van der Waals surface area contributed by atoms with Gasteiger partial charge in [0, 0.05) is 10.7 Å². The first-order valence-electron chi connectivity index (χ1n) is 0.670. The van der Waals surface area contributed by atoms with Crippen molar-refractivity contribution in [2.45, 2.75) is 0 Å². The summed E-state index contributed by atoms with van der Waals surface area (Å²) in [6.07, 6.45) is 0. The van der Waals surface area contributed by atoms with E-state index < -0.39 is 9.33 Å². The molecule has 0 bridgehead atoms. The third-order valence-electron chi connectivity index (χ3n) is 0. The van der Waals surface area contributed by atoms with Crippen LogP contribution >= 0.6 is 10.7 Å². The second-order valence-corrected chi connectivity index (χ2v) is 2.41. The van der Waals surface area contributed by atoms with Crippen molar-refractivity contribution in [2.24, 2.45) is 0 Å². The molecule has 0 saturated carbocycles. The van der Waals surface area contributed by atoms with E-state index in [0.717, 1.165) is 0 Å². The van der Waals surface area contributed by atoms with Gasteiger partial charge in [0.05, 0.1) is 0 Å². The predicted molar refractivity (Wildman–Crippen MR) is 35.3 cm³/mol. The molecule has 0 atom stereocenters. The molecule has 0 unspecified atom stereocenters. The van der Waals surface area contributed by atoms with E-state index in [1.807, 2.05) is 0 Å². The summed E-state index contributed by atoms with van der Waals surface area (Å²) < 4.78 is 25.2. The van der Waals surface area contributed by atoms with Crippen LogP contribution in [0.1, 0.15) is 2.85 Å². The van der Waals surface area contributed by atoms with Crippen LogP contribution in [-0.4, -0.2) is 68.1 Å². The molecule has 7 heteroatoms. The van der Waals surface area contributed by atoms with E-state index in [-0.39, 0.29) is 58.0 Å². The van der Waals surface area contributed by atoms with Crippen molar-refractivity contribution in [1.82, 2.24) is 0 Å². The summed E-state index contributed by atoms with van der Waals surface area (Å²) in [5.41, 5.74) is 0. The Morgan fingerprint density at radius 2 is 1.57 bits per heavy atom. The SMILES string of the molecule is O=S(=O)(O)Cl.[AlH3].[Ca+2].[H-].[H-]. The number of hydrogen-bond acceptors (Lipinski definition) is 2. The average Bonchev–Trinajstić information content (AvgIpc) is 0.722. The number of hydrogen-bond donors (Lipinski definition) is 1. The first-order valence-corrected chi connectivity index (χ1v) is 2.94. The van der Waals surface area contributed by atoms with Gasteiger partial charge in [-0.15, -0.1) is 0 Å². The van der Waals surface area contributed by atoms with Gasteiger partial charge in [-0.3, -0.25) is 4.55 Å². The molecule has 0 spiro atoms. The Morgan fingerprint density at radius 1 is 1.57 bits per heavy atom. The van der Waals surface area contributed by atoms with Gasteiger partial charge in [-0.1, -0.05) is 0 Å². The third-order valence-corrected chi connectivity index (χ3v) is 0. The van der Waals surface area contributed by atoms with Crippen LogP contribution in [0.3, 0.4) is 0 Å². The molecule has 7 heavy (non-hydrogen) atoms. The third kappa shape index (κ3) is 72.3. The Balaban J connectivity index is -0.0000000133. The van der Waals surface area contributed by atoms with Gasteiger partial charge in [0.25, 0.3) is 0 Å². The van der Waals surface area contributed by atoms with E-state index in [1.165, 1.54) is 0 Å². The fourth-order valence-corrected chi connectivity index (χ4v) is 0. The molecule has 0 heterocycles. The smallest absolute Gasteiger partial charge is 1.00 e. The largest absolute Gasteiger partial charge is 2.00 e. The molecule has 0 saturated heterocycles. The van der Waals surface area contributed by atoms with Crippen LogP contribution in [0.5, 0.6) is 0 Å². The fourth-order valence-electron chi connectivity index (χ4n) is 0. The van der Waals surface area contributed by atoms with Crippen molar-refractivity contribution in [3.8, 4) is 0 Å². The molecule has 0 aliphatic rings. The van der Waals surface area contributed by atoms with Gasteiger partial charge in [-0.25, -0.2) is 0 Å². The van der Waals surface area contributed by atoms with Crippen LogP contribution < -0.4 is 0 Å². The van der Waals surface area contributed by atoms with Crippen LogP contribution in [0.25, 0.3) is 0 Å². The van der Waals surface area contributed by atoms with E-state index in [1.54, 1.807) is 0 Å².